The number of benzene rings is 1. The Hall–Kier alpha value is -1.97. The summed E-state index contributed by atoms with van der Waals surface area (Å²) in [6.45, 7) is 0. The molecule has 1 fully saturated rings. The Morgan fingerprint density at radius 3 is 2.75 bits per heavy atom. The van der Waals surface area contributed by atoms with Gasteiger partial charge in [-0.3, -0.25) is 0 Å². The molecule has 0 aliphatic heterocycles. The quantitative estimate of drug-likeness (QED) is 0.880. The Balaban J connectivity index is 1.83. The molecular formula is C16H23N3O. The van der Waals surface area contributed by atoms with Crippen LogP contribution in [0.15, 0.2) is 36.5 Å². The second kappa shape index (κ2) is 6.98. The molecular weight excluding hydrogens is 250 g/mol. The second-order valence-electron chi connectivity index (χ2n) is 5.45. The first-order valence-electron chi connectivity index (χ1n) is 7.17. The van der Waals surface area contributed by atoms with Crippen molar-refractivity contribution in [2.24, 2.45) is 5.92 Å². The average molecular weight is 273 g/mol. The number of urea groups is 1. The predicted molar refractivity (Wildman–Crippen MR) is 84.0 cm³/mol. The van der Waals surface area contributed by atoms with Crippen molar-refractivity contribution in [1.29, 1.82) is 0 Å². The molecule has 108 valence electrons. The molecule has 0 bridgehead atoms. The predicted octanol–water partition coefficient (Wildman–Crippen LogP) is 3.58. The molecule has 2 rings (SSSR count). The van der Waals surface area contributed by atoms with Gasteiger partial charge in [-0.1, -0.05) is 25.0 Å². The van der Waals surface area contributed by atoms with Gasteiger partial charge in [0, 0.05) is 31.7 Å². The van der Waals surface area contributed by atoms with E-state index >= 15 is 0 Å². The van der Waals surface area contributed by atoms with E-state index in [1.165, 1.54) is 25.7 Å². The maximum Gasteiger partial charge on any atom is 0.323 e. The Morgan fingerprint density at radius 2 is 2.05 bits per heavy atom. The molecule has 4 nitrogen and oxygen atoms in total. The maximum absolute atomic E-state index is 11.8. The molecule has 0 spiro atoms. The summed E-state index contributed by atoms with van der Waals surface area (Å²) in [6.07, 6.45) is 8.95. The van der Waals surface area contributed by atoms with Crippen molar-refractivity contribution in [2.75, 3.05) is 24.3 Å². The third-order valence-corrected chi connectivity index (χ3v) is 3.60. The first-order valence-corrected chi connectivity index (χ1v) is 7.17. The smallest absolute Gasteiger partial charge is 0.323 e. The fourth-order valence-electron chi connectivity index (χ4n) is 2.44. The van der Waals surface area contributed by atoms with Gasteiger partial charge < -0.3 is 15.5 Å². The molecule has 2 amide bonds. The number of amides is 2. The molecule has 2 N–H and O–H groups in total. The summed E-state index contributed by atoms with van der Waals surface area (Å²) in [5.74, 6) is 0.632. The minimum atomic E-state index is -0.199. The van der Waals surface area contributed by atoms with Crippen LogP contribution >= 0.6 is 0 Å². The van der Waals surface area contributed by atoms with Gasteiger partial charge in [0.1, 0.15) is 0 Å². The molecule has 4 heteroatoms. The van der Waals surface area contributed by atoms with E-state index in [-0.39, 0.29) is 6.03 Å². The van der Waals surface area contributed by atoms with Gasteiger partial charge in [-0.25, -0.2) is 4.79 Å². The highest BCUT2D eigenvalue weighted by Crippen LogP contribution is 2.25. The van der Waals surface area contributed by atoms with Crippen molar-refractivity contribution in [3.63, 3.8) is 0 Å². The van der Waals surface area contributed by atoms with Gasteiger partial charge in [-0.05, 0) is 37.0 Å². The van der Waals surface area contributed by atoms with E-state index in [2.05, 4.69) is 16.7 Å². The fraction of sp³-hybridized carbons (Fsp3) is 0.438. The summed E-state index contributed by atoms with van der Waals surface area (Å²) in [6, 6.07) is 7.56. The highest BCUT2D eigenvalue weighted by molar-refractivity contribution is 5.90. The standard InChI is InChI=1S/C16H23N3O/c1-19(2)15-9-5-8-14(12-15)18-16(20)17-11-10-13-6-3-4-7-13/h5,8-13H,3-4,6-7H2,1-2H3,(H2,17,18,20)/b11-10+. The summed E-state index contributed by atoms with van der Waals surface area (Å²) in [4.78, 5) is 13.8. The molecule has 20 heavy (non-hydrogen) atoms. The van der Waals surface area contributed by atoms with Crippen LogP contribution in [0.3, 0.4) is 0 Å². The molecule has 0 atom stereocenters. The number of anilines is 2. The van der Waals surface area contributed by atoms with Crippen molar-refractivity contribution >= 4 is 17.4 Å². The topological polar surface area (TPSA) is 44.4 Å². The van der Waals surface area contributed by atoms with Crippen LogP contribution in [0.5, 0.6) is 0 Å². The van der Waals surface area contributed by atoms with Crippen molar-refractivity contribution in [3.05, 3.63) is 36.5 Å². The molecule has 1 aromatic carbocycles. The second-order valence-corrected chi connectivity index (χ2v) is 5.45. The molecule has 1 aromatic rings. The van der Waals surface area contributed by atoms with Crippen LogP contribution in [0.2, 0.25) is 0 Å². The minimum Gasteiger partial charge on any atom is -0.378 e. The number of nitrogens with one attached hydrogen (secondary N) is 2. The highest BCUT2D eigenvalue weighted by atomic mass is 16.2. The van der Waals surface area contributed by atoms with Gasteiger partial charge in [0.05, 0.1) is 0 Å². The van der Waals surface area contributed by atoms with Crippen molar-refractivity contribution in [2.45, 2.75) is 25.7 Å². The zero-order chi connectivity index (χ0) is 14.4. The van der Waals surface area contributed by atoms with Gasteiger partial charge in [0.2, 0.25) is 0 Å². The van der Waals surface area contributed by atoms with Gasteiger partial charge in [-0.2, -0.15) is 0 Å². The summed E-state index contributed by atoms with van der Waals surface area (Å²) < 4.78 is 0. The van der Waals surface area contributed by atoms with Gasteiger partial charge in [-0.15, -0.1) is 0 Å². The number of carbonyl (C=O) groups excluding carboxylic acids is 1. The van der Waals surface area contributed by atoms with E-state index in [9.17, 15) is 4.79 Å². The van der Waals surface area contributed by atoms with Crippen molar-refractivity contribution < 1.29 is 4.79 Å². The highest BCUT2D eigenvalue weighted by Gasteiger charge is 2.11. The maximum atomic E-state index is 11.8. The van der Waals surface area contributed by atoms with Crippen LogP contribution in [0.25, 0.3) is 0 Å². The van der Waals surface area contributed by atoms with Crippen LogP contribution in [-0.4, -0.2) is 20.1 Å². The summed E-state index contributed by atoms with van der Waals surface area (Å²) in [5, 5.41) is 5.60. The summed E-state index contributed by atoms with van der Waals surface area (Å²) in [5.41, 5.74) is 1.85. The van der Waals surface area contributed by atoms with Gasteiger partial charge in [0.25, 0.3) is 0 Å². The van der Waals surface area contributed by atoms with Gasteiger partial charge in [0.15, 0.2) is 0 Å². The van der Waals surface area contributed by atoms with E-state index in [0.29, 0.717) is 5.92 Å². The lowest BCUT2D eigenvalue weighted by atomic mass is 10.1. The average Bonchev–Trinajstić information content (AvgIpc) is 2.92. The lowest BCUT2D eigenvalue weighted by Crippen LogP contribution is -2.24. The third kappa shape index (κ3) is 4.30. The number of rotatable bonds is 4. The normalized spacial score (nSPS) is 15.5. The first-order chi connectivity index (χ1) is 9.65. The van der Waals surface area contributed by atoms with E-state index in [0.717, 1.165) is 11.4 Å². The molecule has 0 radical (unpaired) electrons. The molecule has 0 saturated heterocycles. The van der Waals surface area contributed by atoms with Crippen molar-refractivity contribution in [3.8, 4) is 0 Å². The van der Waals surface area contributed by atoms with E-state index in [1.54, 1.807) is 6.20 Å². The summed E-state index contributed by atoms with van der Waals surface area (Å²) in [7, 11) is 3.95. The monoisotopic (exact) mass is 273 g/mol. The SMILES string of the molecule is CN(C)c1cccc(NC(=O)N/C=C/C2CCCC2)c1. The molecule has 1 aliphatic carbocycles. The molecule has 1 aliphatic rings. The van der Waals surface area contributed by atoms with Crippen LogP contribution in [0.1, 0.15) is 25.7 Å². The van der Waals surface area contributed by atoms with Gasteiger partial charge >= 0.3 is 6.03 Å². The zero-order valence-corrected chi connectivity index (χ0v) is 12.2. The summed E-state index contributed by atoms with van der Waals surface area (Å²) >= 11 is 0. The van der Waals surface area contributed by atoms with E-state index in [4.69, 9.17) is 0 Å². The Kier molecular flexibility index (Phi) is 5.04. The lowest BCUT2D eigenvalue weighted by Gasteiger charge is -2.13. The third-order valence-electron chi connectivity index (χ3n) is 3.60. The fourth-order valence-corrected chi connectivity index (χ4v) is 2.44. The zero-order valence-electron chi connectivity index (χ0n) is 12.2. The van der Waals surface area contributed by atoms with Crippen molar-refractivity contribution in [1.82, 2.24) is 5.32 Å². The largest absolute Gasteiger partial charge is 0.378 e. The Morgan fingerprint density at radius 1 is 1.30 bits per heavy atom. The molecule has 0 heterocycles. The number of hydrogen-bond donors (Lipinski definition) is 2. The lowest BCUT2D eigenvalue weighted by molar-refractivity contribution is 0.255. The van der Waals surface area contributed by atoms with E-state index in [1.807, 2.05) is 43.3 Å². The Bertz CT molecular complexity index is 476. The Labute approximate surface area is 120 Å². The first kappa shape index (κ1) is 14.4. The van der Waals surface area contributed by atoms with Crippen LogP contribution < -0.4 is 15.5 Å². The molecule has 0 aromatic heterocycles. The number of nitrogens with zero attached hydrogens (tertiary/aromatic N) is 1. The number of hydrogen-bond acceptors (Lipinski definition) is 2. The molecule has 0 unspecified atom stereocenters. The molecule has 1 saturated carbocycles. The van der Waals surface area contributed by atoms with E-state index < -0.39 is 0 Å². The van der Waals surface area contributed by atoms with Crippen LogP contribution in [0.4, 0.5) is 16.2 Å². The number of carbonyl (C=O) groups is 1. The minimum absolute atomic E-state index is 0.199. The number of allylic oxidation sites excluding steroid dienone is 1. The van der Waals surface area contributed by atoms with Crippen LogP contribution in [-0.2, 0) is 0 Å². The van der Waals surface area contributed by atoms with Crippen LogP contribution in [0, 0.1) is 5.92 Å².